The van der Waals surface area contributed by atoms with Gasteiger partial charge >= 0.3 is 11.9 Å². The van der Waals surface area contributed by atoms with Crippen molar-refractivity contribution < 1.29 is 32.3 Å². The van der Waals surface area contributed by atoms with Crippen LogP contribution in [-0.4, -0.2) is 40.9 Å². The summed E-state index contributed by atoms with van der Waals surface area (Å²) in [6, 6.07) is 10.9. The van der Waals surface area contributed by atoms with Crippen LogP contribution < -0.4 is 20.7 Å². The van der Waals surface area contributed by atoms with Gasteiger partial charge in [-0.05, 0) is 40.2 Å². The van der Waals surface area contributed by atoms with Crippen molar-refractivity contribution in [1.82, 2.24) is 14.2 Å². The number of para-hydroxylation sites is 2. The molecule has 0 N–H and O–H groups in total. The van der Waals surface area contributed by atoms with Crippen LogP contribution in [0.2, 0.25) is 0 Å². The van der Waals surface area contributed by atoms with Crippen molar-refractivity contribution >= 4 is 21.8 Å². The second-order valence-corrected chi connectivity index (χ2v) is 7.92. The average molecular weight is 558 g/mol. The Bertz CT molecular complexity index is 1370. The summed E-state index contributed by atoms with van der Waals surface area (Å²) in [6.07, 6.45) is -4.87. The molecule has 1 amide bonds. The Morgan fingerprint density at radius 3 is 2.34 bits per heavy atom. The molecule has 0 unspecified atom stereocenters. The van der Waals surface area contributed by atoms with E-state index in [1.54, 1.807) is 24.3 Å². The summed E-state index contributed by atoms with van der Waals surface area (Å²) in [6.45, 7) is -0.344. The molecule has 0 saturated heterocycles. The largest absolute Gasteiger partial charge is 0.480 e. The van der Waals surface area contributed by atoms with Gasteiger partial charge in [-0.2, -0.15) is 13.2 Å². The predicted octanol–water partition coefficient (Wildman–Crippen LogP) is 3.51. The molecule has 13 heteroatoms. The Morgan fingerprint density at radius 2 is 1.71 bits per heavy atom. The van der Waals surface area contributed by atoms with Crippen LogP contribution in [0, 0.1) is 0 Å². The molecule has 186 valence electrons. The van der Waals surface area contributed by atoms with Crippen molar-refractivity contribution in [2.45, 2.75) is 6.18 Å². The maximum Gasteiger partial charge on any atom is 0.431 e. The van der Waals surface area contributed by atoms with Crippen LogP contribution in [0.3, 0.4) is 0 Å². The van der Waals surface area contributed by atoms with E-state index in [-0.39, 0.29) is 29.5 Å². The fourth-order valence-corrected chi connectivity index (χ4v) is 3.28. The molecule has 0 atom stereocenters. The van der Waals surface area contributed by atoms with Crippen LogP contribution >= 0.6 is 15.9 Å². The monoisotopic (exact) mass is 557 g/mol. The van der Waals surface area contributed by atoms with Gasteiger partial charge in [-0.25, -0.2) is 14.4 Å². The van der Waals surface area contributed by atoms with Crippen LogP contribution in [0.25, 0.3) is 5.69 Å². The van der Waals surface area contributed by atoms with Crippen molar-refractivity contribution in [1.29, 1.82) is 0 Å². The molecule has 0 aliphatic rings. The van der Waals surface area contributed by atoms with Gasteiger partial charge in [-0.3, -0.25) is 19.0 Å². The number of alkyl halides is 3. The maximum absolute atomic E-state index is 13.1. The second-order valence-electron chi connectivity index (χ2n) is 7.07. The van der Waals surface area contributed by atoms with Crippen molar-refractivity contribution in [3.8, 4) is 22.9 Å². The lowest BCUT2D eigenvalue weighted by Gasteiger charge is -2.17. The molecule has 35 heavy (non-hydrogen) atoms. The van der Waals surface area contributed by atoms with E-state index in [1.807, 2.05) is 0 Å². The summed E-state index contributed by atoms with van der Waals surface area (Å²) in [5, 5.41) is 0.992. The summed E-state index contributed by atoms with van der Waals surface area (Å²) in [4.78, 5) is 41.8. The van der Waals surface area contributed by atoms with E-state index < -0.39 is 29.0 Å². The van der Waals surface area contributed by atoms with Gasteiger partial charge in [-0.15, -0.1) is 0 Å². The number of nitrogens with zero attached hydrogens (tertiary/aromatic N) is 3. The molecule has 0 saturated carbocycles. The van der Waals surface area contributed by atoms with Crippen LogP contribution in [0.15, 0.2) is 62.6 Å². The van der Waals surface area contributed by atoms with Gasteiger partial charge in [0.25, 0.3) is 11.5 Å². The number of hydrogen-bond donors (Lipinski definition) is 0. The standard InChI is InChI=1S/C22H19BrF3N3O6/c1-27-18(22(24,25)26)11-19(30)29(21(27)32)13-8-9-14(23)17(10-13)35-16-7-5-4-6-15(16)34-12-20(31)28(2)33-3/h4-11H,12H2,1-3H3. The fourth-order valence-electron chi connectivity index (χ4n) is 2.95. The van der Waals surface area contributed by atoms with Crippen LogP contribution in [0.5, 0.6) is 17.2 Å². The zero-order valence-corrected chi connectivity index (χ0v) is 20.2. The number of amides is 1. The molecule has 3 rings (SSSR count). The van der Waals surface area contributed by atoms with Gasteiger partial charge in [0.05, 0.1) is 17.3 Å². The number of hydrogen-bond acceptors (Lipinski definition) is 6. The van der Waals surface area contributed by atoms with E-state index in [4.69, 9.17) is 14.3 Å². The van der Waals surface area contributed by atoms with E-state index >= 15 is 0 Å². The van der Waals surface area contributed by atoms with Crippen molar-refractivity contribution in [3.05, 3.63) is 79.5 Å². The summed E-state index contributed by atoms with van der Waals surface area (Å²) in [5.74, 6) is 0.0897. The minimum atomic E-state index is -4.87. The van der Waals surface area contributed by atoms with Crippen molar-refractivity contribution in [2.24, 2.45) is 7.05 Å². The number of aromatic nitrogens is 2. The Labute approximate surface area is 204 Å². The molecule has 0 fully saturated rings. The predicted molar refractivity (Wildman–Crippen MR) is 122 cm³/mol. The number of carbonyl (C=O) groups excluding carboxylic acids is 1. The van der Waals surface area contributed by atoms with Crippen LogP contribution in [0.4, 0.5) is 13.2 Å². The van der Waals surface area contributed by atoms with Gasteiger partial charge in [-0.1, -0.05) is 12.1 Å². The number of ether oxygens (including phenoxy) is 2. The lowest BCUT2D eigenvalue weighted by molar-refractivity contribution is -0.170. The van der Waals surface area contributed by atoms with E-state index in [0.29, 0.717) is 19.7 Å². The minimum Gasteiger partial charge on any atom is -0.480 e. The van der Waals surface area contributed by atoms with Crippen LogP contribution in [0.1, 0.15) is 5.69 Å². The second kappa shape index (κ2) is 10.4. The quantitative estimate of drug-likeness (QED) is 0.413. The Kier molecular flexibility index (Phi) is 7.70. The summed E-state index contributed by atoms with van der Waals surface area (Å²) >= 11 is 3.30. The number of rotatable bonds is 7. The third-order valence-electron chi connectivity index (χ3n) is 4.83. The fraction of sp³-hybridized carbons (Fsp3) is 0.227. The highest BCUT2D eigenvalue weighted by Gasteiger charge is 2.35. The third-order valence-corrected chi connectivity index (χ3v) is 5.48. The SMILES string of the molecule is CON(C)C(=O)COc1ccccc1Oc1cc(-n2c(=O)cc(C(F)(F)F)n(C)c2=O)ccc1Br. The summed E-state index contributed by atoms with van der Waals surface area (Å²) < 4.78 is 52.2. The molecule has 2 aromatic carbocycles. The van der Waals surface area contributed by atoms with E-state index in [9.17, 15) is 27.6 Å². The van der Waals surface area contributed by atoms with Gasteiger partial charge in [0.1, 0.15) is 11.4 Å². The number of halogens is 4. The molecule has 0 bridgehead atoms. The normalized spacial score (nSPS) is 11.3. The zero-order chi connectivity index (χ0) is 25.9. The Morgan fingerprint density at radius 1 is 1.06 bits per heavy atom. The summed E-state index contributed by atoms with van der Waals surface area (Å²) in [7, 11) is 3.67. The first kappa shape index (κ1) is 26.0. The van der Waals surface area contributed by atoms with Gasteiger partial charge in [0.15, 0.2) is 18.1 Å². The van der Waals surface area contributed by atoms with Crippen molar-refractivity contribution in [2.75, 3.05) is 20.8 Å². The highest BCUT2D eigenvalue weighted by Crippen LogP contribution is 2.36. The molecule has 0 radical (unpaired) electrons. The molecule has 9 nitrogen and oxygen atoms in total. The first-order valence-corrected chi connectivity index (χ1v) is 10.6. The van der Waals surface area contributed by atoms with Crippen molar-refractivity contribution in [3.63, 3.8) is 0 Å². The zero-order valence-electron chi connectivity index (χ0n) is 18.6. The first-order chi connectivity index (χ1) is 16.4. The molecular formula is C22H19BrF3N3O6. The van der Waals surface area contributed by atoms with E-state index in [0.717, 1.165) is 12.1 Å². The molecule has 0 aliphatic heterocycles. The minimum absolute atomic E-state index is 0.0159. The average Bonchev–Trinajstić information content (AvgIpc) is 2.81. The molecular weight excluding hydrogens is 539 g/mol. The smallest absolute Gasteiger partial charge is 0.431 e. The highest BCUT2D eigenvalue weighted by molar-refractivity contribution is 9.10. The number of benzene rings is 2. The topological polar surface area (TPSA) is 92.0 Å². The molecule has 0 aliphatic carbocycles. The number of carbonyl (C=O) groups is 1. The first-order valence-electron chi connectivity index (χ1n) is 9.84. The van der Waals surface area contributed by atoms with Crippen LogP contribution in [-0.2, 0) is 22.9 Å². The van der Waals surface area contributed by atoms with E-state index in [2.05, 4.69) is 15.9 Å². The lowest BCUT2D eigenvalue weighted by Crippen LogP contribution is -2.40. The molecule has 1 heterocycles. The Hall–Kier alpha value is -3.58. The molecule has 1 aromatic heterocycles. The highest BCUT2D eigenvalue weighted by atomic mass is 79.9. The lowest BCUT2D eigenvalue weighted by atomic mass is 10.2. The number of hydroxylamine groups is 2. The third kappa shape index (κ3) is 5.74. The molecule has 0 spiro atoms. The van der Waals surface area contributed by atoms with Gasteiger partial charge in [0, 0.05) is 26.2 Å². The maximum atomic E-state index is 13.1. The Balaban J connectivity index is 1.98. The molecule has 3 aromatic rings. The van der Waals surface area contributed by atoms with Gasteiger partial charge < -0.3 is 9.47 Å². The number of likely N-dealkylation sites (N-methyl/N-ethyl adjacent to an activating group) is 1. The van der Waals surface area contributed by atoms with E-state index in [1.165, 1.54) is 32.4 Å². The van der Waals surface area contributed by atoms with Gasteiger partial charge in [0.2, 0.25) is 0 Å². The summed E-state index contributed by atoms with van der Waals surface area (Å²) in [5.41, 5.74) is -3.71.